The molecule has 54 valence electrons. The molecule has 4 nitrogen and oxygen atoms in total. The minimum atomic E-state index is -1.22. The molecule has 0 spiro atoms. The smallest absolute Gasteiger partial charge is 1.00 e. The zero-order valence-electron chi connectivity index (χ0n) is 7.06. The summed E-state index contributed by atoms with van der Waals surface area (Å²) < 4.78 is 0. The number of aliphatic hydroxyl groups is 4. The summed E-state index contributed by atoms with van der Waals surface area (Å²) >= 11 is 0. The van der Waals surface area contributed by atoms with Crippen LogP contribution in [-0.2, 0) is 0 Å². The Hall–Kier alpha value is 1.10. The minimum Gasteiger partial charge on any atom is -1.00 e. The van der Waals surface area contributed by atoms with Crippen LogP contribution in [-0.4, -0.2) is 83.6 Å². The largest absolute Gasteiger partial charge is 2.00 e. The first kappa shape index (κ1) is 12.7. The van der Waals surface area contributed by atoms with Crippen LogP contribution in [0, 0.1) is 0 Å². The second-order valence-corrected chi connectivity index (χ2v) is 1.50. The van der Waals surface area contributed by atoms with Gasteiger partial charge in [0.1, 0.15) is 12.2 Å². The standard InChI is InChI=1S/C4H10O4.Ca.2H/c5-1-3(7)4(8)2-6;;;/h3-8H,1-2H2;;;/q;+2;2*-1/t3-,4+;;;. The van der Waals surface area contributed by atoms with Crippen molar-refractivity contribution in [1.29, 1.82) is 0 Å². The van der Waals surface area contributed by atoms with Crippen molar-refractivity contribution in [2.45, 2.75) is 12.2 Å². The average Bonchev–Trinajstić information content (AvgIpc) is 1.84. The molecule has 9 heavy (non-hydrogen) atoms. The fourth-order valence-corrected chi connectivity index (χ4v) is 0.243. The van der Waals surface area contributed by atoms with E-state index in [-0.39, 0.29) is 40.6 Å². The summed E-state index contributed by atoms with van der Waals surface area (Å²) in [6.07, 6.45) is -2.44. The van der Waals surface area contributed by atoms with E-state index in [1.807, 2.05) is 0 Å². The zero-order valence-corrected chi connectivity index (χ0v) is 7.27. The van der Waals surface area contributed by atoms with Crippen molar-refractivity contribution in [1.82, 2.24) is 0 Å². The van der Waals surface area contributed by atoms with E-state index in [4.69, 9.17) is 20.4 Å². The van der Waals surface area contributed by atoms with Crippen LogP contribution in [0.5, 0.6) is 0 Å². The Labute approximate surface area is 86.1 Å². The summed E-state index contributed by atoms with van der Waals surface area (Å²) in [4.78, 5) is 0. The first-order valence-corrected chi connectivity index (χ1v) is 2.30. The third kappa shape index (κ3) is 5.54. The van der Waals surface area contributed by atoms with Gasteiger partial charge in [-0.2, -0.15) is 0 Å². The van der Waals surface area contributed by atoms with Crippen molar-refractivity contribution in [3.63, 3.8) is 0 Å². The van der Waals surface area contributed by atoms with Crippen molar-refractivity contribution in [3.05, 3.63) is 0 Å². The van der Waals surface area contributed by atoms with Gasteiger partial charge in [0.05, 0.1) is 13.2 Å². The first-order chi connectivity index (χ1) is 3.72. The van der Waals surface area contributed by atoms with Crippen molar-refractivity contribution < 1.29 is 23.3 Å². The maximum atomic E-state index is 8.47. The molecule has 0 radical (unpaired) electrons. The molecule has 0 aliphatic carbocycles. The molecule has 2 atom stereocenters. The van der Waals surface area contributed by atoms with E-state index in [9.17, 15) is 0 Å². The Kier molecular flexibility index (Phi) is 10.2. The monoisotopic (exact) mass is 164 g/mol. The van der Waals surface area contributed by atoms with Crippen molar-refractivity contribution in [2.24, 2.45) is 0 Å². The van der Waals surface area contributed by atoms with Crippen LogP contribution in [0.15, 0.2) is 0 Å². The minimum absolute atomic E-state index is 0. The summed E-state index contributed by atoms with van der Waals surface area (Å²) in [6.45, 7) is -1.05. The molecule has 0 bridgehead atoms. The van der Waals surface area contributed by atoms with E-state index in [1.165, 1.54) is 0 Å². The Morgan fingerprint density at radius 1 is 1.00 bits per heavy atom. The Balaban J connectivity index is -0.0000000817. The molecule has 0 unspecified atom stereocenters. The number of aliphatic hydroxyl groups excluding tert-OH is 4. The molecule has 0 rings (SSSR count). The van der Waals surface area contributed by atoms with Gasteiger partial charge in [-0.05, 0) is 0 Å². The second kappa shape index (κ2) is 7.21. The van der Waals surface area contributed by atoms with E-state index in [0.717, 1.165) is 0 Å². The average molecular weight is 164 g/mol. The van der Waals surface area contributed by atoms with Gasteiger partial charge in [0.25, 0.3) is 0 Å². The summed E-state index contributed by atoms with van der Waals surface area (Å²) in [7, 11) is 0. The molecule has 0 aromatic rings. The number of hydrogen-bond acceptors (Lipinski definition) is 4. The van der Waals surface area contributed by atoms with Gasteiger partial charge in [-0.1, -0.05) is 0 Å². The normalized spacial score (nSPS) is 16.0. The molecule has 0 aromatic carbocycles. The molecule has 0 saturated carbocycles. The Morgan fingerprint density at radius 3 is 1.33 bits per heavy atom. The predicted octanol–water partition coefficient (Wildman–Crippen LogP) is -2.46. The third-order valence-electron chi connectivity index (χ3n) is 0.818. The fraction of sp³-hybridized carbons (Fsp3) is 1.00. The van der Waals surface area contributed by atoms with E-state index in [1.54, 1.807) is 0 Å². The van der Waals surface area contributed by atoms with Gasteiger partial charge in [0.15, 0.2) is 0 Å². The molecule has 0 saturated heterocycles. The number of rotatable bonds is 3. The van der Waals surface area contributed by atoms with Crippen molar-refractivity contribution >= 4 is 37.7 Å². The third-order valence-corrected chi connectivity index (χ3v) is 0.818. The van der Waals surface area contributed by atoms with Crippen molar-refractivity contribution in [3.8, 4) is 0 Å². The Bertz CT molecular complexity index is 60.1. The fourth-order valence-electron chi connectivity index (χ4n) is 0.243. The summed E-state index contributed by atoms with van der Waals surface area (Å²) in [6, 6.07) is 0. The van der Waals surface area contributed by atoms with Crippen LogP contribution < -0.4 is 0 Å². The molecule has 0 amide bonds. The first-order valence-electron chi connectivity index (χ1n) is 2.30. The van der Waals surface area contributed by atoms with Crippen LogP contribution in [0.3, 0.4) is 0 Å². The van der Waals surface area contributed by atoms with Gasteiger partial charge < -0.3 is 23.3 Å². The molecule has 0 aliphatic rings. The molecule has 4 N–H and O–H groups in total. The van der Waals surface area contributed by atoms with Crippen LogP contribution in [0.25, 0.3) is 0 Å². The quantitative estimate of drug-likeness (QED) is 0.349. The van der Waals surface area contributed by atoms with Gasteiger partial charge in [0, 0.05) is 0 Å². The van der Waals surface area contributed by atoms with E-state index in [2.05, 4.69) is 0 Å². The van der Waals surface area contributed by atoms with E-state index in [0.29, 0.717) is 0 Å². The van der Waals surface area contributed by atoms with Crippen LogP contribution >= 0.6 is 0 Å². The van der Waals surface area contributed by atoms with E-state index < -0.39 is 25.4 Å². The van der Waals surface area contributed by atoms with Gasteiger partial charge in [-0.3, -0.25) is 0 Å². The zero-order chi connectivity index (χ0) is 6.57. The van der Waals surface area contributed by atoms with Gasteiger partial charge in [0.2, 0.25) is 0 Å². The maximum Gasteiger partial charge on any atom is 2.00 e. The van der Waals surface area contributed by atoms with Gasteiger partial charge >= 0.3 is 37.7 Å². The molecule has 0 fully saturated rings. The SMILES string of the molecule is OC[C@@H](O)[C@@H](O)CO.[Ca+2].[H-].[H-]. The second-order valence-electron chi connectivity index (χ2n) is 1.50. The molecule has 0 heterocycles. The summed E-state index contributed by atoms with van der Waals surface area (Å²) in [5.41, 5.74) is 0. The van der Waals surface area contributed by atoms with Crippen molar-refractivity contribution in [2.75, 3.05) is 13.2 Å². The predicted molar refractivity (Wildman–Crippen MR) is 34.2 cm³/mol. The number of hydrogen-bond donors (Lipinski definition) is 4. The molecular weight excluding hydrogens is 152 g/mol. The molecule has 0 aliphatic heterocycles. The van der Waals surface area contributed by atoms with Gasteiger partial charge in [-0.15, -0.1) is 0 Å². The van der Waals surface area contributed by atoms with Gasteiger partial charge in [-0.25, -0.2) is 0 Å². The maximum absolute atomic E-state index is 8.47. The Morgan fingerprint density at radius 2 is 1.22 bits per heavy atom. The van der Waals surface area contributed by atoms with E-state index >= 15 is 0 Å². The summed E-state index contributed by atoms with van der Waals surface area (Å²) in [5.74, 6) is 0. The molecular formula is C4H12CaO4. The van der Waals surface area contributed by atoms with Crippen LogP contribution in [0.4, 0.5) is 0 Å². The molecule has 0 aromatic heterocycles. The van der Waals surface area contributed by atoms with Crippen LogP contribution in [0.2, 0.25) is 0 Å². The van der Waals surface area contributed by atoms with Crippen LogP contribution in [0.1, 0.15) is 2.85 Å². The topological polar surface area (TPSA) is 80.9 Å². The molecule has 5 heteroatoms. The summed E-state index contributed by atoms with van der Waals surface area (Å²) in [5, 5.41) is 33.2.